The van der Waals surface area contributed by atoms with Crippen LogP contribution < -0.4 is 14.9 Å². The summed E-state index contributed by atoms with van der Waals surface area (Å²) in [5.41, 5.74) is 0. The van der Waals surface area contributed by atoms with Gasteiger partial charge in [-0.2, -0.15) is 0 Å². The molecular formula is C12H31N3Si. The van der Waals surface area contributed by atoms with Crippen LogP contribution in [-0.2, 0) is 0 Å². The molecule has 0 aliphatic carbocycles. The van der Waals surface area contributed by atoms with E-state index in [0.717, 1.165) is 6.54 Å². The molecule has 0 fully saturated rings. The maximum atomic E-state index is 3.77. The first-order valence-electron chi connectivity index (χ1n) is 6.36. The second-order valence-corrected chi connectivity index (χ2v) is 10.0. The minimum atomic E-state index is -1.85. The molecule has 0 atom stereocenters. The van der Waals surface area contributed by atoms with Gasteiger partial charge in [0.15, 0.2) is 0 Å². The van der Waals surface area contributed by atoms with E-state index >= 15 is 0 Å². The summed E-state index contributed by atoms with van der Waals surface area (Å²) in [7, 11) is 2.29. The van der Waals surface area contributed by atoms with Crippen molar-refractivity contribution >= 4 is 8.56 Å². The first-order valence-corrected chi connectivity index (χ1v) is 8.36. The van der Waals surface area contributed by atoms with Crippen LogP contribution in [0.4, 0.5) is 0 Å². The topological polar surface area (TPSA) is 36.1 Å². The number of hydrogen-bond acceptors (Lipinski definition) is 3. The maximum Gasteiger partial charge on any atom is 0.287 e. The zero-order valence-corrected chi connectivity index (χ0v) is 13.4. The van der Waals surface area contributed by atoms with Crippen molar-refractivity contribution < 1.29 is 0 Å². The largest absolute Gasteiger partial charge is 0.316 e. The number of rotatable bonds is 7. The Morgan fingerprint density at radius 1 is 1.00 bits per heavy atom. The van der Waals surface area contributed by atoms with Crippen LogP contribution in [0.5, 0.6) is 0 Å². The predicted octanol–water partition coefficient (Wildman–Crippen LogP) is 2.05. The molecule has 0 aromatic heterocycles. The highest BCUT2D eigenvalue weighted by atomic mass is 28.4. The first-order chi connectivity index (χ1) is 7.23. The van der Waals surface area contributed by atoms with Gasteiger partial charge in [-0.25, -0.2) is 0 Å². The van der Waals surface area contributed by atoms with Gasteiger partial charge < -0.3 is 14.9 Å². The fourth-order valence-corrected chi connectivity index (χ4v) is 5.89. The Kier molecular flexibility index (Phi) is 6.18. The predicted molar refractivity (Wildman–Crippen MR) is 75.6 cm³/mol. The molecular weight excluding hydrogens is 214 g/mol. The highest BCUT2D eigenvalue weighted by Gasteiger charge is 2.48. The van der Waals surface area contributed by atoms with Crippen molar-refractivity contribution in [3.63, 3.8) is 0 Å². The van der Waals surface area contributed by atoms with E-state index < -0.39 is 8.56 Å². The standard InChI is InChI=1S/C12H31N3Si/c1-10(2)9-15-16(13-7,14-8)12(5,6)11(3)4/h10-11,13-15H,9H2,1-8H3. The fraction of sp³-hybridized carbons (Fsp3) is 1.00. The van der Waals surface area contributed by atoms with Crippen molar-refractivity contribution in [3.8, 4) is 0 Å². The van der Waals surface area contributed by atoms with Crippen LogP contribution in [0.2, 0.25) is 5.04 Å². The second kappa shape index (κ2) is 6.14. The van der Waals surface area contributed by atoms with E-state index in [-0.39, 0.29) is 5.04 Å². The Bertz CT molecular complexity index is 198. The molecule has 0 heterocycles. The van der Waals surface area contributed by atoms with Gasteiger partial charge in [0.25, 0.3) is 8.56 Å². The molecule has 0 aliphatic heterocycles. The van der Waals surface area contributed by atoms with Crippen molar-refractivity contribution in [3.05, 3.63) is 0 Å². The molecule has 0 amide bonds. The third-order valence-corrected chi connectivity index (χ3v) is 8.68. The minimum Gasteiger partial charge on any atom is -0.316 e. The van der Waals surface area contributed by atoms with Crippen molar-refractivity contribution in [1.29, 1.82) is 0 Å². The minimum absolute atomic E-state index is 0.255. The molecule has 0 unspecified atom stereocenters. The Balaban J connectivity index is 4.93. The quantitative estimate of drug-likeness (QED) is 0.601. The molecule has 0 saturated heterocycles. The first kappa shape index (κ1) is 16.1. The molecule has 0 aromatic rings. The number of hydrogen-bond donors (Lipinski definition) is 3. The average Bonchev–Trinajstić information content (AvgIpc) is 2.19. The molecule has 98 valence electrons. The van der Waals surface area contributed by atoms with Crippen LogP contribution >= 0.6 is 0 Å². The van der Waals surface area contributed by atoms with Crippen LogP contribution in [0.25, 0.3) is 0 Å². The molecule has 3 N–H and O–H groups in total. The SMILES string of the molecule is CN[Si](NC)(NCC(C)C)C(C)(C)C(C)C. The number of nitrogens with one attached hydrogen (secondary N) is 3. The fourth-order valence-electron chi connectivity index (χ4n) is 1.96. The monoisotopic (exact) mass is 245 g/mol. The lowest BCUT2D eigenvalue weighted by atomic mass is 9.99. The Morgan fingerprint density at radius 2 is 1.44 bits per heavy atom. The Hall–Kier alpha value is 0.0969. The lowest BCUT2D eigenvalue weighted by Gasteiger charge is -2.47. The normalized spacial score (nSPS) is 13.9. The average molecular weight is 245 g/mol. The molecule has 0 aromatic carbocycles. The van der Waals surface area contributed by atoms with Gasteiger partial charge in [-0.05, 0) is 32.5 Å². The lowest BCUT2D eigenvalue weighted by Crippen LogP contribution is -2.77. The van der Waals surface area contributed by atoms with E-state index in [1.807, 2.05) is 0 Å². The van der Waals surface area contributed by atoms with E-state index in [1.165, 1.54) is 0 Å². The van der Waals surface area contributed by atoms with Crippen molar-refractivity contribution in [2.45, 2.75) is 46.6 Å². The van der Waals surface area contributed by atoms with Crippen LogP contribution in [0.15, 0.2) is 0 Å². The molecule has 0 saturated carbocycles. The summed E-state index contributed by atoms with van der Waals surface area (Å²) in [4.78, 5) is 10.9. The van der Waals surface area contributed by atoms with Gasteiger partial charge in [-0.1, -0.05) is 41.5 Å². The molecule has 0 radical (unpaired) electrons. The molecule has 3 nitrogen and oxygen atoms in total. The van der Waals surface area contributed by atoms with Crippen LogP contribution in [0.3, 0.4) is 0 Å². The molecule has 4 heteroatoms. The molecule has 0 rings (SSSR count). The van der Waals surface area contributed by atoms with Gasteiger partial charge >= 0.3 is 0 Å². The Morgan fingerprint density at radius 3 is 1.69 bits per heavy atom. The zero-order valence-electron chi connectivity index (χ0n) is 12.4. The van der Waals surface area contributed by atoms with E-state index in [2.05, 4.69) is 70.6 Å². The summed E-state index contributed by atoms with van der Waals surface area (Å²) in [6.07, 6.45) is 0. The molecule has 0 aliphatic rings. The highest BCUT2D eigenvalue weighted by Crippen LogP contribution is 2.39. The third kappa shape index (κ3) is 3.29. The zero-order chi connectivity index (χ0) is 13.0. The molecule has 0 bridgehead atoms. The van der Waals surface area contributed by atoms with Gasteiger partial charge in [0, 0.05) is 5.04 Å². The molecule has 0 spiro atoms. The van der Waals surface area contributed by atoms with Gasteiger partial charge in [0.05, 0.1) is 0 Å². The highest BCUT2D eigenvalue weighted by molar-refractivity contribution is 6.75. The summed E-state index contributed by atoms with van der Waals surface area (Å²) in [6.45, 7) is 14.9. The van der Waals surface area contributed by atoms with Gasteiger partial charge in [-0.15, -0.1) is 0 Å². The van der Waals surface area contributed by atoms with Crippen LogP contribution in [0.1, 0.15) is 41.5 Å². The smallest absolute Gasteiger partial charge is 0.287 e. The lowest BCUT2D eigenvalue weighted by molar-refractivity contribution is 0.425. The summed E-state index contributed by atoms with van der Waals surface area (Å²) in [5.74, 6) is 1.32. The van der Waals surface area contributed by atoms with Crippen molar-refractivity contribution in [2.24, 2.45) is 11.8 Å². The summed E-state index contributed by atoms with van der Waals surface area (Å²) in [6, 6.07) is 0. The van der Waals surface area contributed by atoms with Gasteiger partial charge in [-0.3, -0.25) is 0 Å². The van der Waals surface area contributed by atoms with Crippen molar-refractivity contribution in [2.75, 3.05) is 20.6 Å². The van der Waals surface area contributed by atoms with E-state index in [9.17, 15) is 0 Å². The summed E-state index contributed by atoms with van der Waals surface area (Å²) >= 11 is 0. The van der Waals surface area contributed by atoms with Gasteiger partial charge in [0.1, 0.15) is 0 Å². The summed E-state index contributed by atoms with van der Waals surface area (Å²) in [5, 5.41) is 0.255. The second-order valence-electron chi connectivity index (χ2n) is 5.90. The molecule has 16 heavy (non-hydrogen) atoms. The van der Waals surface area contributed by atoms with E-state index in [0.29, 0.717) is 11.8 Å². The van der Waals surface area contributed by atoms with Crippen LogP contribution in [-0.4, -0.2) is 29.2 Å². The maximum absolute atomic E-state index is 3.77. The van der Waals surface area contributed by atoms with Crippen LogP contribution in [0, 0.1) is 11.8 Å². The summed E-state index contributed by atoms with van der Waals surface area (Å²) < 4.78 is 0. The van der Waals surface area contributed by atoms with E-state index in [4.69, 9.17) is 0 Å². The third-order valence-electron chi connectivity index (χ3n) is 3.94. The van der Waals surface area contributed by atoms with Crippen molar-refractivity contribution in [1.82, 2.24) is 14.9 Å². The van der Waals surface area contributed by atoms with E-state index in [1.54, 1.807) is 0 Å². The Labute approximate surface area is 103 Å². The van der Waals surface area contributed by atoms with Gasteiger partial charge in [0.2, 0.25) is 0 Å².